The molecule has 0 aliphatic carbocycles. The largest absolute Gasteiger partial charge is 0.493 e. The van der Waals surface area contributed by atoms with Crippen LogP contribution in [-0.4, -0.2) is 49.3 Å². The fraction of sp³-hybridized carbons (Fsp3) is 0.600. The van der Waals surface area contributed by atoms with Gasteiger partial charge in [-0.05, 0) is 36.1 Å². The number of hydrogen-bond donors (Lipinski definition) is 2. The van der Waals surface area contributed by atoms with E-state index in [2.05, 4.69) is 16.3 Å². The second kappa shape index (κ2) is 5.90. The number of hydrogen-bond acceptors (Lipinski definition) is 4. The average molecular weight is 262 g/mol. The minimum atomic E-state index is -0.398. The zero-order valence-electron chi connectivity index (χ0n) is 11.3. The Kier molecular flexibility index (Phi) is 4.01. The lowest BCUT2D eigenvalue weighted by atomic mass is 10.0. The maximum atomic E-state index is 10.4. The van der Waals surface area contributed by atoms with E-state index in [0.29, 0.717) is 0 Å². The molecule has 0 saturated carbocycles. The van der Waals surface area contributed by atoms with Gasteiger partial charge in [-0.25, -0.2) is 0 Å². The van der Waals surface area contributed by atoms with Gasteiger partial charge in [-0.1, -0.05) is 6.07 Å². The molecular formula is C15H22N2O2. The van der Waals surface area contributed by atoms with Gasteiger partial charge in [0.2, 0.25) is 0 Å². The summed E-state index contributed by atoms with van der Waals surface area (Å²) in [4.78, 5) is 2.32. The van der Waals surface area contributed by atoms with E-state index >= 15 is 0 Å². The Bertz CT molecular complexity index is 430. The molecule has 0 spiro atoms. The molecule has 2 N–H and O–H groups in total. The highest BCUT2D eigenvalue weighted by Crippen LogP contribution is 2.28. The van der Waals surface area contributed by atoms with Gasteiger partial charge >= 0.3 is 0 Å². The van der Waals surface area contributed by atoms with Crippen molar-refractivity contribution in [2.24, 2.45) is 0 Å². The number of ether oxygens (including phenoxy) is 1. The van der Waals surface area contributed by atoms with Crippen LogP contribution in [0.4, 0.5) is 0 Å². The summed E-state index contributed by atoms with van der Waals surface area (Å²) in [6.45, 7) is 5.61. The zero-order valence-corrected chi connectivity index (χ0v) is 11.3. The lowest BCUT2D eigenvalue weighted by Crippen LogP contribution is -2.44. The number of aliphatic hydroxyl groups is 1. The van der Waals surface area contributed by atoms with Gasteiger partial charge < -0.3 is 15.2 Å². The molecule has 1 atom stereocenters. The predicted molar refractivity (Wildman–Crippen MR) is 74.5 cm³/mol. The summed E-state index contributed by atoms with van der Waals surface area (Å²) >= 11 is 0. The monoisotopic (exact) mass is 262 g/mol. The molecular weight excluding hydrogens is 240 g/mol. The van der Waals surface area contributed by atoms with Crippen LogP contribution in [0.1, 0.15) is 23.7 Å². The number of rotatable bonds is 3. The summed E-state index contributed by atoms with van der Waals surface area (Å²) < 4.78 is 5.61. The molecule has 1 aromatic carbocycles. The van der Waals surface area contributed by atoms with Crippen molar-refractivity contribution in [3.63, 3.8) is 0 Å². The molecule has 2 aliphatic heterocycles. The van der Waals surface area contributed by atoms with Crippen molar-refractivity contribution in [2.75, 3.05) is 39.3 Å². The fourth-order valence-corrected chi connectivity index (χ4v) is 2.83. The number of aliphatic hydroxyl groups excluding tert-OH is 1. The van der Waals surface area contributed by atoms with Gasteiger partial charge in [-0.3, -0.25) is 4.90 Å². The van der Waals surface area contributed by atoms with Crippen molar-refractivity contribution in [1.29, 1.82) is 0 Å². The number of nitrogens with zero attached hydrogens (tertiary/aromatic N) is 1. The van der Waals surface area contributed by atoms with Crippen molar-refractivity contribution in [1.82, 2.24) is 10.2 Å². The molecule has 1 unspecified atom stereocenters. The van der Waals surface area contributed by atoms with Crippen molar-refractivity contribution in [2.45, 2.75) is 18.9 Å². The van der Waals surface area contributed by atoms with Gasteiger partial charge in [0.25, 0.3) is 0 Å². The van der Waals surface area contributed by atoms with E-state index < -0.39 is 6.10 Å². The van der Waals surface area contributed by atoms with E-state index in [1.165, 1.54) is 5.56 Å². The predicted octanol–water partition coefficient (Wildman–Crippen LogP) is 0.950. The van der Waals surface area contributed by atoms with E-state index in [9.17, 15) is 5.11 Å². The number of nitrogens with one attached hydrogen (secondary N) is 1. The quantitative estimate of drug-likeness (QED) is 0.851. The van der Waals surface area contributed by atoms with Crippen molar-refractivity contribution >= 4 is 0 Å². The van der Waals surface area contributed by atoms with Crippen LogP contribution in [0.2, 0.25) is 0 Å². The standard InChI is InChI=1S/C15H22N2O2/c18-14(11-17-7-5-16-6-8-17)12-3-4-15-13(10-12)2-1-9-19-15/h3-4,10,14,16,18H,1-2,5-9,11H2. The summed E-state index contributed by atoms with van der Waals surface area (Å²) in [5, 5.41) is 13.7. The molecule has 2 aliphatic rings. The van der Waals surface area contributed by atoms with E-state index in [4.69, 9.17) is 4.74 Å². The van der Waals surface area contributed by atoms with E-state index in [1.54, 1.807) is 0 Å². The molecule has 104 valence electrons. The summed E-state index contributed by atoms with van der Waals surface area (Å²) in [7, 11) is 0. The maximum absolute atomic E-state index is 10.4. The van der Waals surface area contributed by atoms with Gasteiger partial charge in [0.15, 0.2) is 0 Å². The molecule has 0 bridgehead atoms. The average Bonchev–Trinajstić information content (AvgIpc) is 2.48. The normalized spacial score (nSPS) is 21.5. The van der Waals surface area contributed by atoms with Gasteiger partial charge in [0, 0.05) is 32.7 Å². The first-order valence-corrected chi connectivity index (χ1v) is 7.20. The minimum Gasteiger partial charge on any atom is -0.493 e. The van der Waals surface area contributed by atoms with Crippen molar-refractivity contribution in [3.05, 3.63) is 29.3 Å². The first kappa shape index (κ1) is 12.9. The number of piperazine rings is 1. The molecule has 1 saturated heterocycles. The third-order valence-corrected chi connectivity index (χ3v) is 3.96. The molecule has 0 aromatic heterocycles. The molecule has 3 rings (SSSR count). The summed E-state index contributed by atoms with van der Waals surface area (Å²) in [5.74, 6) is 0.990. The van der Waals surface area contributed by atoms with E-state index in [1.807, 2.05) is 12.1 Å². The van der Waals surface area contributed by atoms with Crippen LogP contribution in [0.3, 0.4) is 0 Å². The molecule has 1 fully saturated rings. The summed E-state index contributed by atoms with van der Waals surface area (Å²) in [6.07, 6.45) is 1.73. The number of fused-ring (bicyclic) bond motifs is 1. The molecule has 0 amide bonds. The topological polar surface area (TPSA) is 44.7 Å². The molecule has 1 aromatic rings. The summed E-state index contributed by atoms with van der Waals surface area (Å²) in [6, 6.07) is 6.11. The van der Waals surface area contributed by atoms with Crippen LogP contribution in [-0.2, 0) is 6.42 Å². The smallest absolute Gasteiger partial charge is 0.122 e. The minimum absolute atomic E-state index is 0.398. The Labute approximate surface area is 114 Å². The lowest BCUT2D eigenvalue weighted by Gasteiger charge is -2.29. The van der Waals surface area contributed by atoms with E-state index in [0.717, 1.165) is 63.5 Å². The lowest BCUT2D eigenvalue weighted by molar-refractivity contribution is 0.105. The second-order valence-corrected chi connectivity index (χ2v) is 5.39. The number of β-amino-alcohol motifs (C(OH)–C–C–N with tert-alkyl or cyclic N) is 1. The first-order valence-electron chi connectivity index (χ1n) is 7.20. The fourth-order valence-electron chi connectivity index (χ4n) is 2.83. The Morgan fingerprint density at radius 1 is 1.32 bits per heavy atom. The van der Waals surface area contributed by atoms with Crippen molar-refractivity contribution < 1.29 is 9.84 Å². The Morgan fingerprint density at radius 3 is 3.00 bits per heavy atom. The Hall–Kier alpha value is -1.10. The molecule has 0 radical (unpaired) electrons. The highest BCUT2D eigenvalue weighted by Gasteiger charge is 2.18. The van der Waals surface area contributed by atoms with E-state index in [-0.39, 0.29) is 0 Å². The van der Waals surface area contributed by atoms with Gasteiger partial charge in [-0.2, -0.15) is 0 Å². The van der Waals surface area contributed by atoms with Crippen LogP contribution in [0, 0.1) is 0 Å². The van der Waals surface area contributed by atoms with Crippen LogP contribution in [0.5, 0.6) is 5.75 Å². The van der Waals surface area contributed by atoms with Gasteiger partial charge in [-0.15, -0.1) is 0 Å². The summed E-state index contributed by atoms with van der Waals surface area (Å²) in [5.41, 5.74) is 2.26. The SMILES string of the molecule is OC(CN1CCNCC1)c1ccc2c(c1)CCCO2. The second-order valence-electron chi connectivity index (χ2n) is 5.39. The highest BCUT2D eigenvalue weighted by molar-refractivity contribution is 5.39. The van der Waals surface area contributed by atoms with Gasteiger partial charge in [0.05, 0.1) is 12.7 Å². The third-order valence-electron chi connectivity index (χ3n) is 3.96. The van der Waals surface area contributed by atoms with Crippen LogP contribution in [0.25, 0.3) is 0 Å². The third kappa shape index (κ3) is 3.08. The zero-order chi connectivity index (χ0) is 13.1. The molecule has 4 heteroatoms. The number of aryl methyl sites for hydroxylation is 1. The van der Waals surface area contributed by atoms with Crippen molar-refractivity contribution in [3.8, 4) is 5.75 Å². The van der Waals surface area contributed by atoms with Crippen LogP contribution in [0.15, 0.2) is 18.2 Å². The highest BCUT2D eigenvalue weighted by atomic mass is 16.5. The molecule has 19 heavy (non-hydrogen) atoms. The van der Waals surface area contributed by atoms with Crippen LogP contribution >= 0.6 is 0 Å². The van der Waals surface area contributed by atoms with Crippen LogP contribution < -0.4 is 10.1 Å². The number of benzene rings is 1. The Morgan fingerprint density at radius 2 is 2.16 bits per heavy atom. The Balaban J connectivity index is 1.67. The molecule has 4 nitrogen and oxygen atoms in total. The first-order chi connectivity index (χ1) is 9.33. The maximum Gasteiger partial charge on any atom is 0.122 e. The van der Waals surface area contributed by atoms with Gasteiger partial charge in [0.1, 0.15) is 5.75 Å². The molecule has 2 heterocycles.